The molecule has 1 heteroatoms. The highest BCUT2D eigenvalue weighted by molar-refractivity contribution is 6.22. The molecule has 0 saturated heterocycles. The molecule has 10 rings (SSSR count). The third-order valence-corrected chi connectivity index (χ3v) is 9.94. The smallest absolute Gasteiger partial charge is 0.0471 e. The van der Waals surface area contributed by atoms with Crippen LogP contribution < -0.4 is 0 Å². The van der Waals surface area contributed by atoms with Gasteiger partial charge in [-0.1, -0.05) is 140 Å². The Kier molecular flexibility index (Phi) is 5.64. The van der Waals surface area contributed by atoms with Crippen LogP contribution in [0.1, 0.15) is 0 Å². The minimum Gasteiger partial charge on any atom is -0.354 e. The van der Waals surface area contributed by atoms with Gasteiger partial charge in [0.1, 0.15) is 0 Å². The van der Waals surface area contributed by atoms with Crippen molar-refractivity contribution in [1.82, 2.24) is 4.98 Å². The van der Waals surface area contributed by atoms with Gasteiger partial charge in [0.15, 0.2) is 0 Å². The molecule has 47 heavy (non-hydrogen) atoms. The molecule has 218 valence electrons. The summed E-state index contributed by atoms with van der Waals surface area (Å²) in [4.78, 5) is 3.68. The Morgan fingerprint density at radius 1 is 0.255 bits per heavy atom. The summed E-state index contributed by atoms with van der Waals surface area (Å²) in [6.07, 6.45) is 0. The molecule has 10 aromatic rings. The van der Waals surface area contributed by atoms with Crippen molar-refractivity contribution >= 4 is 64.9 Å². The van der Waals surface area contributed by atoms with E-state index in [-0.39, 0.29) is 0 Å². The van der Waals surface area contributed by atoms with Gasteiger partial charge in [-0.05, 0) is 107 Å². The number of aromatic nitrogens is 1. The Labute approximate surface area is 272 Å². The first kappa shape index (κ1) is 26.1. The molecule has 1 nitrogen and oxygen atoms in total. The monoisotopic (exact) mass is 595 g/mol. The predicted molar refractivity (Wildman–Crippen MR) is 202 cm³/mol. The van der Waals surface area contributed by atoms with Gasteiger partial charge >= 0.3 is 0 Å². The van der Waals surface area contributed by atoms with Crippen molar-refractivity contribution < 1.29 is 0 Å². The van der Waals surface area contributed by atoms with Crippen molar-refractivity contribution in [2.24, 2.45) is 0 Å². The highest BCUT2D eigenvalue weighted by Crippen LogP contribution is 2.45. The normalized spacial score (nSPS) is 11.8. The Hall–Kier alpha value is -6.18. The molecule has 0 unspecified atom stereocenters. The van der Waals surface area contributed by atoms with Gasteiger partial charge in [0.05, 0.1) is 0 Å². The maximum atomic E-state index is 3.68. The van der Waals surface area contributed by atoms with E-state index in [1.54, 1.807) is 0 Å². The maximum Gasteiger partial charge on any atom is 0.0471 e. The molecule has 1 aromatic heterocycles. The molecular weight excluding hydrogens is 567 g/mol. The molecule has 0 radical (unpaired) electrons. The van der Waals surface area contributed by atoms with Gasteiger partial charge < -0.3 is 4.98 Å². The number of rotatable bonds is 3. The van der Waals surface area contributed by atoms with Crippen LogP contribution in [0, 0.1) is 0 Å². The minimum absolute atomic E-state index is 1.16. The van der Waals surface area contributed by atoms with Crippen molar-refractivity contribution in [2.75, 3.05) is 0 Å². The molecular formula is C46H29N. The highest BCUT2D eigenvalue weighted by Gasteiger charge is 2.17. The average molecular weight is 596 g/mol. The summed E-state index contributed by atoms with van der Waals surface area (Å²) in [6, 6.07) is 62.4. The lowest BCUT2D eigenvalue weighted by atomic mass is 9.85. The quantitative estimate of drug-likeness (QED) is 0.196. The van der Waals surface area contributed by atoms with Crippen molar-refractivity contribution in [1.29, 1.82) is 0 Å². The van der Waals surface area contributed by atoms with Crippen LogP contribution in [-0.4, -0.2) is 4.98 Å². The first-order chi connectivity index (χ1) is 23.3. The molecule has 0 fully saturated rings. The average Bonchev–Trinajstić information content (AvgIpc) is 3.49. The summed E-state index contributed by atoms with van der Waals surface area (Å²) >= 11 is 0. The standard InChI is InChI=1S/C46H29N/c1-2-10-32-25-35(22-19-29(32)9-1)30-17-20-31(21-18-30)45-37-13-5-7-15-39(37)46(40-16-8-6-14-38(40)45)36-23-24-43-41(27-36)42-26-33-11-3-4-12-34(33)28-44(42)47-43/h1-28,47H. The number of aromatic amines is 1. The van der Waals surface area contributed by atoms with Gasteiger partial charge in [-0.25, -0.2) is 0 Å². The summed E-state index contributed by atoms with van der Waals surface area (Å²) in [5, 5.41) is 12.6. The third kappa shape index (κ3) is 4.10. The number of fused-ring (bicyclic) bond motifs is 7. The lowest BCUT2D eigenvalue weighted by Crippen LogP contribution is -1.91. The zero-order valence-electron chi connectivity index (χ0n) is 25.7. The van der Waals surface area contributed by atoms with Crippen LogP contribution in [0.25, 0.3) is 98.3 Å². The van der Waals surface area contributed by atoms with Gasteiger partial charge in [0.2, 0.25) is 0 Å². The molecule has 0 amide bonds. The molecule has 0 aliphatic rings. The molecule has 0 spiro atoms. The Morgan fingerprint density at radius 3 is 1.38 bits per heavy atom. The van der Waals surface area contributed by atoms with E-state index in [0.29, 0.717) is 0 Å². The van der Waals surface area contributed by atoms with E-state index in [9.17, 15) is 0 Å². The Balaban J connectivity index is 1.17. The Morgan fingerprint density at radius 2 is 0.723 bits per heavy atom. The zero-order chi connectivity index (χ0) is 30.9. The molecule has 0 aliphatic heterocycles. The van der Waals surface area contributed by atoms with Gasteiger partial charge in [-0.15, -0.1) is 0 Å². The van der Waals surface area contributed by atoms with Crippen LogP contribution in [0.5, 0.6) is 0 Å². The summed E-state index contributed by atoms with van der Waals surface area (Å²) < 4.78 is 0. The number of benzene rings is 9. The molecule has 1 N–H and O–H groups in total. The zero-order valence-corrected chi connectivity index (χ0v) is 25.7. The molecule has 0 aliphatic carbocycles. The van der Waals surface area contributed by atoms with Crippen molar-refractivity contribution in [3.8, 4) is 33.4 Å². The molecule has 1 heterocycles. The maximum absolute atomic E-state index is 3.68. The second-order valence-electron chi connectivity index (χ2n) is 12.6. The van der Waals surface area contributed by atoms with Crippen molar-refractivity contribution in [3.05, 3.63) is 170 Å². The number of H-pyrrole nitrogens is 1. The van der Waals surface area contributed by atoms with Crippen molar-refractivity contribution in [3.63, 3.8) is 0 Å². The lowest BCUT2D eigenvalue weighted by molar-refractivity contribution is 1.55. The summed E-state index contributed by atoms with van der Waals surface area (Å²) in [5.41, 5.74) is 9.83. The van der Waals surface area contributed by atoms with Gasteiger partial charge in [0.25, 0.3) is 0 Å². The second kappa shape index (κ2) is 10.2. The van der Waals surface area contributed by atoms with E-state index in [1.807, 2.05) is 0 Å². The molecule has 0 bridgehead atoms. The number of nitrogens with one attached hydrogen (secondary N) is 1. The second-order valence-corrected chi connectivity index (χ2v) is 12.6. The first-order valence-corrected chi connectivity index (χ1v) is 16.3. The van der Waals surface area contributed by atoms with E-state index in [2.05, 4.69) is 175 Å². The van der Waals surface area contributed by atoms with Gasteiger partial charge in [0, 0.05) is 21.8 Å². The third-order valence-electron chi connectivity index (χ3n) is 9.94. The van der Waals surface area contributed by atoms with E-state index in [4.69, 9.17) is 0 Å². The van der Waals surface area contributed by atoms with E-state index < -0.39 is 0 Å². The van der Waals surface area contributed by atoms with Crippen LogP contribution >= 0.6 is 0 Å². The van der Waals surface area contributed by atoms with Crippen LogP contribution in [0.15, 0.2) is 170 Å². The summed E-state index contributed by atoms with van der Waals surface area (Å²) in [7, 11) is 0. The van der Waals surface area contributed by atoms with E-state index in [1.165, 1.54) is 92.8 Å². The van der Waals surface area contributed by atoms with Gasteiger partial charge in [-0.2, -0.15) is 0 Å². The fraction of sp³-hybridized carbons (Fsp3) is 0. The van der Waals surface area contributed by atoms with Crippen LogP contribution in [-0.2, 0) is 0 Å². The molecule has 0 atom stereocenters. The fourth-order valence-corrected chi connectivity index (χ4v) is 7.69. The summed E-state index contributed by atoms with van der Waals surface area (Å²) in [5.74, 6) is 0. The predicted octanol–water partition coefficient (Wildman–Crippen LogP) is 12.9. The first-order valence-electron chi connectivity index (χ1n) is 16.3. The van der Waals surface area contributed by atoms with Crippen LogP contribution in [0.3, 0.4) is 0 Å². The largest absolute Gasteiger partial charge is 0.354 e. The highest BCUT2D eigenvalue weighted by atomic mass is 14.7. The Bertz CT molecular complexity index is 2780. The van der Waals surface area contributed by atoms with Gasteiger partial charge in [-0.3, -0.25) is 0 Å². The molecule has 0 saturated carbocycles. The molecule has 9 aromatic carbocycles. The van der Waals surface area contributed by atoms with Crippen LogP contribution in [0.2, 0.25) is 0 Å². The fourth-order valence-electron chi connectivity index (χ4n) is 7.69. The topological polar surface area (TPSA) is 15.8 Å². The number of hydrogen-bond donors (Lipinski definition) is 1. The lowest BCUT2D eigenvalue weighted by Gasteiger charge is -2.18. The van der Waals surface area contributed by atoms with Crippen LogP contribution in [0.4, 0.5) is 0 Å². The summed E-state index contributed by atoms with van der Waals surface area (Å²) in [6.45, 7) is 0. The van der Waals surface area contributed by atoms with Crippen molar-refractivity contribution in [2.45, 2.75) is 0 Å². The van der Waals surface area contributed by atoms with E-state index in [0.717, 1.165) is 5.52 Å². The SMILES string of the molecule is c1ccc2cc(-c3ccc(-c4c5ccccc5c(-c5ccc6[nH]c7cc8ccccc8cc7c6c5)c5ccccc45)cc3)ccc2c1. The number of hydrogen-bond acceptors (Lipinski definition) is 0. The van der Waals surface area contributed by atoms with E-state index >= 15 is 0 Å². The minimum atomic E-state index is 1.16.